The minimum atomic E-state index is -0.0984. The number of ether oxygens (including phenoxy) is 2. The van der Waals surface area contributed by atoms with Gasteiger partial charge in [-0.1, -0.05) is 0 Å². The van der Waals surface area contributed by atoms with Crippen LogP contribution in [0.25, 0.3) is 0 Å². The highest BCUT2D eigenvalue weighted by atomic mass is 16.5. The van der Waals surface area contributed by atoms with Crippen LogP contribution in [0.2, 0.25) is 0 Å². The van der Waals surface area contributed by atoms with Crippen molar-refractivity contribution >= 4 is 6.03 Å². The molecule has 1 atom stereocenters. The molecule has 1 unspecified atom stereocenters. The normalized spacial score (nSPS) is 25.0. The van der Waals surface area contributed by atoms with Crippen molar-refractivity contribution in [3.8, 4) is 0 Å². The highest BCUT2D eigenvalue weighted by Crippen LogP contribution is 2.10. The van der Waals surface area contributed by atoms with Crippen LogP contribution in [0, 0.1) is 0 Å². The van der Waals surface area contributed by atoms with Gasteiger partial charge in [0.1, 0.15) is 0 Å². The highest BCUT2D eigenvalue weighted by Gasteiger charge is 2.16. The van der Waals surface area contributed by atoms with Crippen LogP contribution in [-0.2, 0) is 9.47 Å². The average Bonchev–Trinajstić information content (AvgIpc) is 2.91. The molecule has 0 spiro atoms. The van der Waals surface area contributed by atoms with Gasteiger partial charge in [-0.2, -0.15) is 0 Å². The Bertz CT molecular complexity index is 251. The Morgan fingerprint density at radius 2 is 2.06 bits per heavy atom. The van der Waals surface area contributed by atoms with Crippen molar-refractivity contribution in [3.05, 3.63) is 0 Å². The number of hydrogen-bond acceptors (Lipinski definition) is 4. The lowest BCUT2D eigenvalue weighted by Gasteiger charge is -2.26. The standard InChI is InChI=1S/C12H23N3O3/c16-12(14-10-11-2-1-7-18-11)13-3-4-15-5-8-17-9-6-15/h11H,1-10H2,(H2,13,14,16). The first-order chi connectivity index (χ1) is 8.84. The molecule has 0 aliphatic carbocycles. The van der Waals surface area contributed by atoms with Gasteiger partial charge in [-0.25, -0.2) is 4.79 Å². The van der Waals surface area contributed by atoms with Gasteiger partial charge in [0.15, 0.2) is 0 Å². The third-order valence-corrected chi connectivity index (χ3v) is 3.33. The zero-order chi connectivity index (χ0) is 12.6. The maximum Gasteiger partial charge on any atom is 0.314 e. The summed E-state index contributed by atoms with van der Waals surface area (Å²) < 4.78 is 10.7. The van der Waals surface area contributed by atoms with Crippen LogP contribution in [0.5, 0.6) is 0 Å². The quantitative estimate of drug-likeness (QED) is 0.716. The van der Waals surface area contributed by atoms with Gasteiger partial charge in [0.2, 0.25) is 0 Å². The molecule has 2 fully saturated rings. The third-order valence-electron chi connectivity index (χ3n) is 3.33. The number of hydrogen-bond donors (Lipinski definition) is 2. The van der Waals surface area contributed by atoms with Crippen molar-refractivity contribution in [3.63, 3.8) is 0 Å². The van der Waals surface area contributed by atoms with Crippen LogP contribution < -0.4 is 10.6 Å². The Hall–Kier alpha value is -0.850. The van der Waals surface area contributed by atoms with E-state index in [-0.39, 0.29) is 12.1 Å². The van der Waals surface area contributed by atoms with Crippen LogP contribution in [0.4, 0.5) is 4.79 Å². The second-order valence-corrected chi connectivity index (χ2v) is 4.73. The molecular weight excluding hydrogens is 234 g/mol. The molecule has 2 heterocycles. The van der Waals surface area contributed by atoms with Crippen molar-refractivity contribution in [1.82, 2.24) is 15.5 Å². The fourth-order valence-corrected chi connectivity index (χ4v) is 2.23. The molecular formula is C12H23N3O3. The molecule has 0 aromatic rings. The smallest absolute Gasteiger partial charge is 0.314 e. The molecule has 2 saturated heterocycles. The number of carbonyl (C=O) groups is 1. The highest BCUT2D eigenvalue weighted by molar-refractivity contribution is 5.73. The Kier molecular flexibility index (Phi) is 5.70. The maximum atomic E-state index is 11.5. The first kappa shape index (κ1) is 13.6. The van der Waals surface area contributed by atoms with E-state index in [9.17, 15) is 4.79 Å². The molecule has 2 amide bonds. The van der Waals surface area contributed by atoms with Gasteiger partial charge in [0, 0.05) is 39.3 Å². The number of urea groups is 1. The van der Waals surface area contributed by atoms with E-state index in [0.717, 1.165) is 52.3 Å². The van der Waals surface area contributed by atoms with Gasteiger partial charge in [-0.05, 0) is 12.8 Å². The topological polar surface area (TPSA) is 62.8 Å². The summed E-state index contributed by atoms with van der Waals surface area (Å²) in [5.74, 6) is 0. The number of carbonyl (C=O) groups excluding carboxylic acids is 1. The molecule has 6 heteroatoms. The van der Waals surface area contributed by atoms with Crippen molar-refractivity contribution in [1.29, 1.82) is 0 Å². The number of nitrogens with one attached hydrogen (secondary N) is 2. The van der Waals surface area contributed by atoms with Crippen molar-refractivity contribution in [2.45, 2.75) is 18.9 Å². The summed E-state index contributed by atoms with van der Waals surface area (Å²) in [6.07, 6.45) is 2.36. The van der Waals surface area contributed by atoms with E-state index in [0.29, 0.717) is 13.1 Å². The maximum absolute atomic E-state index is 11.5. The van der Waals surface area contributed by atoms with Gasteiger partial charge in [0.05, 0.1) is 19.3 Å². The number of morpholine rings is 1. The molecule has 2 rings (SSSR count). The average molecular weight is 257 g/mol. The van der Waals surface area contributed by atoms with Gasteiger partial charge < -0.3 is 20.1 Å². The van der Waals surface area contributed by atoms with Crippen LogP contribution in [0.3, 0.4) is 0 Å². The minimum Gasteiger partial charge on any atom is -0.379 e. The second kappa shape index (κ2) is 7.56. The summed E-state index contributed by atoms with van der Waals surface area (Å²) in [6.45, 7) is 6.51. The molecule has 6 nitrogen and oxygen atoms in total. The summed E-state index contributed by atoms with van der Waals surface area (Å²) >= 11 is 0. The lowest BCUT2D eigenvalue weighted by Crippen LogP contribution is -2.45. The molecule has 2 aliphatic heterocycles. The Balaban J connectivity index is 1.48. The van der Waals surface area contributed by atoms with Gasteiger partial charge in [-0.3, -0.25) is 4.90 Å². The van der Waals surface area contributed by atoms with Gasteiger partial charge in [0.25, 0.3) is 0 Å². The number of amides is 2. The molecule has 0 aromatic carbocycles. The predicted octanol–water partition coefficient (Wildman–Crippen LogP) is -0.203. The fraction of sp³-hybridized carbons (Fsp3) is 0.917. The van der Waals surface area contributed by atoms with E-state index in [1.807, 2.05) is 0 Å². The predicted molar refractivity (Wildman–Crippen MR) is 67.6 cm³/mol. The van der Waals surface area contributed by atoms with E-state index >= 15 is 0 Å². The zero-order valence-corrected chi connectivity index (χ0v) is 10.8. The first-order valence-corrected chi connectivity index (χ1v) is 6.78. The Morgan fingerprint density at radius 3 is 2.78 bits per heavy atom. The van der Waals surface area contributed by atoms with E-state index in [4.69, 9.17) is 9.47 Å². The summed E-state index contributed by atoms with van der Waals surface area (Å²) in [7, 11) is 0. The number of rotatable bonds is 5. The molecule has 104 valence electrons. The van der Waals surface area contributed by atoms with Crippen LogP contribution >= 0.6 is 0 Å². The molecule has 18 heavy (non-hydrogen) atoms. The van der Waals surface area contributed by atoms with E-state index in [1.54, 1.807) is 0 Å². The van der Waals surface area contributed by atoms with Crippen molar-refractivity contribution < 1.29 is 14.3 Å². The minimum absolute atomic E-state index is 0.0984. The van der Waals surface area contributed by atoms with Crippen LogP contribution in [0.1, 0.15) is 12.8 Å². The van der Waals surface area contributed by atoms with Crippen LogP contribution in [0.15, 0.2) is 0 Å². The Labute approximate surface area is 108 Å². The van der Waals surface area contributed by atoms with E-state index < -0.39 is 0 Å². The number of nitrogens with zero attached hydrogens (tertiary/aromatic N) is 1. The first-order valence-electron chi connectivity index (χ1n) is 6.78. The molecule has 2 N–H and O–H groups in total. The van der Waals surface area contributed by atoms with Gasteiger partial charge in [-0.15, -0.1) is 0 Å². The van der Waals surface area contributed by atoms with E-state index in [1.165, 1.54) is 0 Å². The molecule has 0 aromatic heterocycles. The van der Waals surface area contributed by atoms with Gasteiger partial charge >= 0.3 is 6.03 Å². The Morgan fingerprint density at radius 1 is 1.22 bits per heavy atom. The fourth-order valence-electron chi connectivity index (χ4n) is 2.23. The van der Waals surface area contributed by atoms with Crippen LogP contribution in [-0.4, -0.2) is 69.6 Å². The largest absolute Gasteiger partial charge is 0.379 e. The molecule has 0 radical (unpaired) electrons. The summed E-state index contributed by atoms with van der Waals surface area (Å²) in [4.78, 5) is 13.8. The third kappa shape index (κ3) is 4.80. The van der Waals surface area contributed by atoms with Crippen molar-refractivity contribution in [2.75, 3.05) is 52.5 Å². The lowest BCUT2D eigenvalue weighted by molar-refractivity contribution is 0.0387. The molecule has 0 saturated carbocycles. The van der Waals surface area contributed by atoms with E-state index in [2.05, 4.69) is 15.5 Å². The summed E-state index contributed by atoms with van der Waals surface area (Å²) in [5.41, 5.74) is 0. The zero-order valence-electron chi connectivity index (χ0n) is 10.8. The SMILES string of the molecule is O=C(NCCN1CCOCC1)NCC1CCCO1. The summed E-state index contributed by atoms with van der Waals surface area (Å²) in [6, 6.07) is -0.0984. The molecule has 0 bridgehead atoms. The summed E-state index contributed by atoms with van der Waals surface area (Å²) in [5, 5.41) is 5.71. The lowest BCUT2D eigenvalue weighted by atomic mass is 10.2. The van der Waals surface area contributed by atoms with Crippen molar-refractivity contribution in [2.24, 2.45) is 0 Å². The second-order valence-electron chi connectivity index (χ2n) is 4.73. The monoisotopic (exact) mass is 257 g/mol. The molecule has 2 aliphatic rings.